The maximum Gasteiger partial charge on any atom is 0.0455 e. The van der Waals surface area contributed by atoms with Crippen molar-refractivity contribution in [3.63, 3.8) is 0 Å². The third kappa shape index (κ3) is 3.36. The zero-order valence-corrected chi connectivity index (χ0v) is 7.82. The molecule has 1 rings (SSSR count). The van der Waals surface area contributed by atoms with Crippen molar-refractivity contribution in [2.24, 2.45) is 0 Å². The van der Waals surface area contributed by atoms with Gasteiger partial charge in [0.2, 0.25) is 0 Å². The fourth-order valence-corrected chi connectivity index (χ4v) is 1.33. The van der Waals surface area contributed by atoms with Gasteiger partial charge in [-0.15, -0.1) is 12.4 Å². The zero-order chi connectivity index (χ0) is 6.53. The van der Waals surface area contributed by atoms with Crippen molar-refractivity contribution in [2.75, 3.05) is 0 Å². The van der Waals surface area contributed by atoms with Crippen LogP contribution in [0.3, 0.4) is 0 Å². The molecule has 0 radical (unpaired) electrons. The van der Waals surface area contributed by atoms with E-state index in [1.54, 1.807) is 6.20 Å². The molecule has 0 saturated heterocycles. The van der Waals surface area contributed by atoms with E-state index >= 15 is 0 Å². The summed E-state index contributed by atoms with van der Waals surface area (Å²) >= 11 is 5.52. The molecular weight excluding hydrogens is 188 g/mol. The SMILES string of the molecule is Cl.ClPCc1ccccn1. The maximum absolute atomic E-state index is 5.52. The lowest BCUT2D eigenvalue weighted by Crippen LogP contribution is -1.79. The minimum atomic E-state index is 0. The Balaban J connectivity index is 0.000000810. The van der Waals surface area contributed by atoms with E-state index in [2.05, 4.69) is 4.98 Å². The van der Waals surface area contributed by atoms with Crippen molar-refractivity contribution in [3.8, 4) is 0 Å². The van der Waals surface area contributed by atoms with Crippen LogP contribution in [-0.2, 0) is 6.16 Å². The molecule has 1 nitrogen and oxygen atoms in total. The van der Waals surface area contributed by atoms with E-state index in [-0.39, 0.29) is 12.4 Å². The van der Waals surface area contributed by atoms with Gasteiger partial charge >= 0.3 is 0 Å². The average molecular weight is 196 g/mol. The van der Waals surface area contributed by atoms with Gasteiger partial charge in [-0.1, -0.05) is 17.3 Å². The first kappa shape index (κ1) is 10.2. The standard InChI is InChI=1S/C6H7ClNP.ClH/c7-9-5-6-3-1-2-4-8-6;/h1-4,9H,5H2;1H. The number of hydrogen-bond acceptors (Lipinski definition) is 1. The number of hydrogen-bond donors (Lipinski definition) is 0. The van der Waals surface area contributed by atoms with E-state index in [4.69, 9.17) is 11.2 Å². The average Bonchev–Trinajstić information content (AvgIpc) is 1.91. The highest BCUT2D eigenvalue weighted by Crippen LogP contribution is 2.20. The van der Waals surface area contributed by atoms with Gasteiger partial charge in [0.15, 0.2) is 0 Å². The molecular formula is C6H8Cl2NP. The van der Waals surface area contributed by atoms with E-state index in [0.717, 1.165) is 11.9 Å². The Hall–Kier alpha value is 0.160. The Bertz CT molecular complexity index is 169. The van der Waals surface area contributed by atoms with Crippen molar-refractivity contribution in [1.29, 1.82) is 0 Å². The first-order valence-electron chi connectivity index (χ1n) is 2.67. The van der Waals surface area contributed by atoms with Crippen LogP contribution in [0.15, 0.2) is 24.4 Å². The second-order valence-corrected chi connectivity index (χ2v) is 3.05. The van der Waals surface area contributed by atoms with Crippen LogP contribution in [0.2, 0.25) is 0 Å². The first-order chi connectivity index (χ1) is 4.43. The summed E-state index contributed by atoms with van der Waals surface area (Å²) in [5, 5.41) is 0. The van der Waals surface area contributed by atoms with Crippen LogP contribution in [0.25, 0.3) is 0 Å². The van der Waals surface area contributed by atoms with E-state index in [1.165, 1.54) is 0 Å². The van der Waals surface area contributed by atoms with Gasteiger partial charge in [0.05, 0.1) is 0 Å². The van der Waals surface area contributed by atoms with Crippen LogP contribution in [0, 0.1) is 0 Å². The molecule has 0 aromatic carbocycles. The van der Waals surface area contributed by atoms with Crippen molar-refractivity contribution >= 4 is 31.6 Å². The highest BCUT2D eigenvalue weighted by molar-refractivity contribution is 7.67. The van der Waals surface area contributed by atoms with Gasteiger partial charge in [-0.05, 0) is 20.1 Å². The molecule has 0 saturated carbocycles. The molecule has 1 aromatic heterocycles. The quantitative estimate of drug-likeness (QED) is 0.662. The molecule has 1 unspecified atom stereocenters. The van der Waals surface area contributed by atoms with Crippen LogP contribution in [-0.4, -0.2) is 4.98 Å². The van der Waals surface area contributed by atoms with Crippen LogP contribution in [0.4, 0.5) is 0 Å². The maximum atomic E-state index is 5.52. The number of aromatic nitrogens is 1. The monoisotopic (exact) mass is 195 g/mol. The summed E-state index contributed by atoms with van der Waals surface area (Å²) in [6.07, 6.45) is 2.68. The summed E-state index contributed by atoms with van der Waals surface area (Å²) in [5.74, 6) is 0. The highest BCUT2D eigenvalue weighted by Gasteiger charge is 1.87. The first-order valence-corrected chi connectivity index (χ1v) is 4.89. The topological polar surface area (TPSA) is 12.9 Å². The zero-order valence-electron chi connectivity index (χ0n) is 5.25. The van der Waals surface area contributed by atoms with Crippen molar-refractivity contribution < 1.29 is 0 Å². The lowest BCUT2D eigenvalue weighted by molar-refractivity contribution is 1.18. The van der Waals surface area contributed by atoms with Gasteiger partial charge in [-0.2, -0.15) is 0 Å². The molecule has 0 spiro atoms. The molecule has 0 aliphatic carbocycles. The number of nitrogens with zero attached hydrogens (tertiary/aromatic N) is 1. The minimum absolute atomic E-state index is 0. The summed E-state index contributed by atoms with van der Waals surface area (Å²) in [5.41, 5.74) is 1.07. The Morgan fingerprint density at radius 2 is 2.30 bits per heavy atom. The van der Waals surface area contributed by atoms with Crippen LogP contribution in [0.5, 0.6) is 0 Å². The van der Waals surface area contributed by atoms with Crippen LogP contribution in [0.1, 0.15) is 5.69 Å². The van der Waals surface area contributed by atoms with Gasteiger partial charge < -0.3 is 0 Å². The molecule has 1 atom stereocenters. The lowest BCUT2D eigenvalue weighted by Gasteiger charge is -1.91. The predicted octanol–water partition coefficient (Wildman–Crippen LogP) is 2.84. The fraction of sp³-hybridized carbons (Fsp3) is 0.167. The summed E-state index contributed by atoms with van der Waals surface area (Å²) in [6.45, 7) is 0. The Morgan fingerprint density at radius 1 is 1.50 bits per heavy atom. The van der Waals surface area contributed by atoms with Gasteiger partial charge in [0, 0.05) is 18.1 Å². The fourth-order valence-electron chi connectivity index (χ4n) is 0.571. The molecule has 56 valence electrons. The highest BCUT2D eigenvalue weighted by atomic mass is 35.7. The summed E-state index contributed by atoms with van der Waals surface area (Å²) in [4.78, 5) is 4.09. The second kappa shape index (κ2) is 5.91. The second-order valence-electron chi connectivity index (χ2n) is 1.63. The molecule has 0 N–H and O–H groups in total. The van der Waals surface area contributed by atoms with Crippen molar-refractivity contribution in [1.82, 2.24) is 4.98 Å². The third-order valence-electron chi connectivity index (χ3n) is 0.974. The number of halogens is 2. The Morgan fingerprint density at radius 3 is 2.80 bits per heavy atom. The lowest BCUT2D eigenvalue weighted by atomic mass is 10.4. The van der Waals surface area contributed by atoms with Gasteiger partial charge in [-0.25, -0.2) is 0 Å². The molecule has 1 aromatic rings. The largest absolute Gasteiger partial charge is 0.261 e. The Labute approximate surface area is 73.2 Å². The summed E-state index contributed by atoms with van der Waals surface area (Å²) in [6, 6.07) is 5.86. The smallest absolute Gasteiger partial charge is 0.0455 e. The summed E-state index contributed by atoms with van der Waals surface area (Å²) in [7, 11) is 0.445. The predicted molar refractivity (Wildman–Crippen MR) is 49.4 cm³/mol. The van der Waals surface area contributed by atoms with Crippen molar-refractivity contribution in [3.05, 3.63) is 30.1 Å². The normalized spacial score (nSPS) is 9.70. The van der Waals surface area contributed by atoms with Crippen molar-refractivity contribution in [2.45, 2.75) is 6.16 Å². The molecule has 0 amide bonds. The third-order valence-corrected chi connectivity index (χ3v) is 1.87. The number of rotatable bonds is 2. The molecule has 0 fully saturated rings. The van der Waals surface area contributed by atoms with E-state index < -0.39 is 0 Å². The minimum Gasteiger partial charge on any atom is -0.261 e. The number of pyridine rings is 1. The Kier molecular flexibility index (Phi) is 6.00. The van der Waals surface area contributed by atoms with Gasteiger partial charge in [-0.3, -0.25) is 4.98 Å². The molecule has 1 heterocycles. The summed E-state index contributed by atoms with van der Waals surface area (Å²) < 4.78 is 0. The van der Waals surface area contributed by atoms with E-state index in [9.17, 15) is 0 Å². The molecule has 0 aliphatic heterocycles. The van der Waals surface area contributed by atoms with E-state index in [1.807, 2.05) is 18.2 Å². The molecule has 0 bridgehead atoms. The molecule has 4 heteroatoms. The molecule has 0 aliphatic rings. The molecule has 10 heavy (non-hydrogen) atoms. The van der Waals surface area contributed by atoms with Gasteiger partial charge in [0.1, 0.15) is 0 Å². The van der Waals surface area contributed by atoms with Crippen LogP contribution >= 0.6 is 31.6 Å². The van der Waals surface area contributed by atoms with Gasteiger partial charge in [0.25, 0.3) is 0 Å². The van der Waals surface area contributed by atoms with E-state index in [0.29, 0.717) is 7.93 Å². The van der Waals surface area contributed by atoms with Crippen LogP contribution < -0.4 is 0 Å².